The molecule has 0 aromatic carbocycles. The van der Waals surface area contributed by atoms with E-state index in [0.29, 0.717) is 18.3 Å². The summed E-state index contributed by atoms with van der Waals surface area (Å²) in [5, 5.41) is 3.55. The molecule has 1 N–H and O–H groups in total. The summed E-state index contributed by atoms with van der Waals surface area (Å²) in [6.45, 7) is 7.35. The minimum absolute atomic E-state index is 0.0450. The predicted octanol–water partition coefficient (Wildman–Crippen LogP) is 1.85. The van der Waals surface area contributed by atoms with Crippen molar-refractivity contribution >= 4 is 28.9 Å². The fourth-order valence-corrected chi connectivity index (χ4v) is 3.03. The lowest BCUT2D eigenvalue weighted by molar-refractivity contribution is -0.125. The van der Waals surface area contributed by atoms with Crippen LogP contribution in [0.4, 0.5) is 4.79 Å². The summed E-state index contributed by atoms with van der Waals surface area (Å²) in [7, 11) is 0. The number of amidine groups is 1. The first kappa shape index (κ1) is 16.1. The molecular formula is C14H23N3O3S. The molecule has 6 nitrogen and oxygen atoms in total. The van der Waals surface area contributed by atoms with Crippen LogP contribution in [0.2, 0.25) is 0 Å². The lowest BCUT2D eigenvalue weighted by atomic mass is 9.97. The standard InChI is InChI=1S/C14H23N3O3S/c1-14(2,3)20-13(19)17-7-4-5-10(9-17)11(18)16-12-15-6-8-21-12/h10H,4-9H2,1-3H3,(H,15,16,18)/t10-/m1/s1. The molecule has 0 bridgehead atoms. The van der Waals surface area contributed by atoms with E-state index in [0.717, 1.165) is 25.1 Å². The van der Waals surface area contributed by atoms with Gasteiger partial charge < -0.3 is 15.0 Å². The van der Waals surface area contributed by atoms with Crippen molar-refractivity contribution in [3.8, 4) is 0 Å². The smallest absolute Gasteiger partial charge is 0.410 e. The van der Waals surface area contributed by atoms with Gasteiger partial charge in [0.1, 0.15) is 5.60 Å². The predicted molar refractivity (Wildman–Crippen MR) is 83.4 cm³/mol. The topological polar surface area (TPSA) is 71.0 Å². The molecule has 1 atom stereocenters. The van der Waals surface area contributed by atoms with Gasteiger partial charge >= 0.3 is 6.09 Å². The van der Waals surface area contributed by atoms with Crippen LogP contribution in [0, 0.1) is 5.92 Å². The quantitative estimate of drug-likeness (QED) is 0.802. The Kier molecular flexibility index (Phi) is 5.13. The molecule has 0 aliphatic carbocycles. The average Bonchev–Trinajstić information content (AvgIpc) is 2.90. The zero-order valence-electron chi connectivity index (χ0n) is 12.8. The van der Waals surface area contributed by atoms with E-state index < -0.39 is 5.60 Å². The maximum Gasteiger partial charge on any atom is 0.410 e. The third-order valence-electron chi connectivity index (χ3n) is 3.26. The number of hydrogen-bond donors (Lipinski definition) is 1. The summed E-state index contributed by atoms with van der Waals surface area (Å²) in [6.07, 6.45) is 1.27. The van der Waals surface area contributed by atoms with Crippen LogP contribution in [-0.2, 0) is 9.53 Å². The van der Waals surface area contributed by atoms with Gasteiger partial charge in [-0.05, 0) is 33.6 Å². The zero-order valence-corrected chi connectivity index (χ0v) is 13.7. The molecule has 2 amide bonds. The van der Waals surface area contributed by atoms with Crippen LogP contribution in [0.5, 0.6) is 0 Å². The number of rotatable bonds is 1. The monoisotopic (exact) mass is 313 g/mol. The summed E-state index contributed by atoms with van der Waals surface area (Å²) in [5.41, 5.74) is -0.512. The van der Waals surface area contributed by atoms with Gasteiger partial charge in [-0.2, -0.15) is 0 Å². The number of carbonyl (C=O) groups is 2. The molecule has 2 heterocycles. The van der Waals surface area contributed by atoms with Gasteiger partial charge in [0.25, 0.3) is 0 Å². The van der Waals surface area contributed by atoms with Crippen molar-refractivity contribution in [3.05, 3.63) is 0 Å². The van der Waals surface area contributed by atoms with Crippen molar-refractivity contribution in [1.29, 1.82) is 0 Å². The van der Waals surface area contributed by atoms with Crippen LogP contribution in [0.1, 0.15) is 33.6 Å². The number of carbonyl (C=O) groups excluding carboxylic acids is 2. The highest BCUT2D eigenvalue weighted by Crippen LogP contribution is 2.20. The fourth-order valence-electron chi connectivity index (χ4n) is 2.30. The molecule has 0 spiro atoms. The van der Waals surface area contributed by atoms with Crippen LogP contribution in [-0.4, -0.2) is 53.1 Å². The van der Waals surface area contributed by atoms with Gasteiger partial charge in [-0.25, -0.2) is 4.79 Å². The molecule has 0 aromatic heterocycles. The van der Waals surface area contributed by atoms with Crippen molar-refractivity contribution in [1.82, 2.24) is 10.2 Å². The Morgan fingerprint density at radius 3 is 2.81 bits per heavy atom. The number of hydrogen-bond acceptors (Lipinski definition) is 5. The Hall–Kier alpha value is -1.24. The SMILES string of the molecule is CC(C)(C)OC(=O)N1CCC[C@@H](C(=O)NC2=NCCS2)C1. The summed E-state index contributed by atoms with van der Waals surface area (Å²) >= 11 is 1.56. The molecule has 118 valence electrons. The van der Waals surface area contributed by atoms with E-state index >= 15 is 0 Å². The molecule has 1 saturated heterocycles. The van der Waals surface area contributed by atoms with Crippen LogP contribution in [0.15, 0.2) is 4.99 Å². The second kappa shape index (κ2) is 6.68. The molecule has 0 radical (unpaired) electrons. The van der Waals surface area contributed by atoms with Crippen LogP contribution in [0.3, 0.4) is 0 Å². The van der Waals surface area contributed by atoms with Gasteiger partial charge in [0, 0.05) is 18.8 Å². The summed E-state index contributed by atoms with van der Waals surface area (Å²) in [5.74, 6) is 0.691. The van der Waals surface area contributed by atoms with E-state index in [-0.39, 0.29) is 17.9 Å². The largest absolute Gasteiger partial charge is 0.444 e. The van der Waals surface area contributed by atoms with E-state index in [1.807, 2.05) is 20.8 Å². The maximum atomic E-state index is 12.2. The highest BCUT2D eigenvalue weighted by Gasteiger charge is 2.31. The molecule has 2 rings (SSSR count). The minimum atomic E-state index is -0.512. The third-order valence-corrected chi connectivity index (χ3v) is 4.15. The van der Waals surface area contributed by atoms with E-state index in [2.05, 4.69) is 10.3 Å². The number of likely N-dealkylation sites (tertiary alicyclic amines) is 1. The molecular weight excluding hydrogens is 290 g/mol. The van der Waals surface area contributed by atoms with Gasteiger partial charge in [-0.3, -0.25) is 9.79 Å². The lowest BCUT2D eigenvalue weighted by Gasteiger charge is -2.33. The molecule has 0 aromatic rings. The Morgan fingerprint density at radius 2 is 2.19 bits per heavy atom. The molecule has 1 fully saturated rings. The highest BCUT2D eigenvalue weighted by atomic mass is 32.2. The van der Waals surface area contributed by atoms with Gasteiger partial charge in [0.05, 0.1) is 12.5 Å². The van der Waals surface area contributed by atoms with Crippen molar-refractivity contribution in [3.63, 3.8) is 0 Å². The molecule has 0 saturated carbocycles. The number of ether oxygens (including phenoxy) is 1. The zero-order chi connectivity index (χ0) is 15.5. The first-order valence-corrected chi connectivity index (χ1v) is 8.30. The molecule has 7 heteroatoms. The first-order valence-electron chi connectivity index (χ1n) is 7.31. The van der Waals surface area contributed by atoms with Crippen LogP contribution >= 0.6 is 11.8 Å². The summed E-state index contributed by atoms with van der Waals surface area (Å²) < 4.78 is 5.37. The number of nitrogens with zero attached hydrogens (tertiary/aromatic N) is 2. The molecule has 0 unspecified atom stereocenters. The summed E-state index contributed by atoms with van der Waals surface area (Å²) in [4.78, 5) is 30.1. The van der Waals surface area contributed by atoms with Crippen molar-refractivity contribution in [2.24, 2.45) is 10.9 Å². The van der Waals surface area contributed by atoms with E-state index in [4.69, 9.17) is 4.74 Å². The van der Waals surface area contributed by atoms with Crippen LogP contribution < -0.4 is 5.32 Å². The van der Waals surface area contributed by atoms with Crippen molar-refractivity contribution < 1.29 is 14.3 Å². The minimum Gasteiger partial charge on any atom is -0.444 e. The Balaban J connectivity index is 1.87. The number of thioether (sulfide) groups is 1. The average molecular weight is 313 g/mol. The first-order chi connectivity index (χ1) is 9.85. The summed E-state index contributed by atoms with van der Waals surface area (Å²) in [6, 6.07) is 0. The van der Waals surface area contributed by atoms with Crippen molar-refractivity contribution in [2.45, 2.75) is 39.2 Å². The second-order valence-corrected chi connectivity index (χ2v) is 7.37. The van der Waals surface area contributed by atoms with E-state index in [1.54, 1.807) is 16.7 Å². The second-order valence-electron chi connectivity index (χ2n) is 6.29. The number of piperidine rings is 1. The fraction of sp³-hybridized carbons (Fsp3) is 0.786. The van der Waals surface area contributed by atoms with Gasteiger partial charge in [0.15, 0.2) is 5.17 Å². The van der Waals surface area contributed by atoms with E-state index in [9.17, 15) is 9.59 Å². The Morgan fingerprint density at radius 1 is 1.43 bits per heavy atom. The van der Waals surface area contributed by atoms with E-state index in [1.165, 1.54) is 0 Å². The maximum absolute atomic E-state index is 12.2. The van der Waals surface area contributed by atoms with Crippen molar-refractivity contribution in [2.75, 3.05) is 25.4 Å². The number of amides is 2. The number of nitrogens with one attached hydrogen (secondary N) is 1. The van der Waals surface area contributed by atoms with Gasteiger partial charge in [-0.15, -0.1) is 0 Å². The van der Waals surface area contributed by atoms with Gasteiger partial charge in [-0.1, -0.05) is 11.8 Å². The lowest BCUT2D eigenvalue weighted by Crippen LogP contribution is -2.47. The van der Waals surface area contributed by atoms with Gasteiger partial charge in [0.2, 0.25) is 5.91 Å². The highest BCUT2D eigenvalue weighted by molar-refractivity contribution is 8.14. The Labute approximate surface area is 129 Å². The molecule has 2 aliphatic heterocycles. The normalized spacial score (nSPS) is 22.7. The number of aliphatic imine (C=N–C) groups is 1. The van der Waals surface area contributed by atoms with Crippen LogP contribution in [0.25, 0.3) is 0 Å². The third kappa shape index (κ3) is 4.91. The Bertz CT molecular complexity index is 445. The molecule has 2 aliphatic rings. The molecule has 21 heavy (non-hydrogen) atoms.